The SMILES string of the molecule is O=c1[nH]c2cc(Br)c(NCc3cccnc3)cc2[nH]1. The number of rotatable bonds is 3. The summed E-state index contributed by atoms with van der Waals surface area (Å²) in [5.74, 6) is 0. The van der Waals surface area contributed by atoms with Crippen molar-refractivity contribution in [2.45, 2.75) is 6.54 Å². The molecule has 0 saturated carbocycles. The molecule has 0 aliphatic rings. The maximum absolute atomic E-state index is 11.2. The second-order valence-corrected chi connectivity index (χ2v) is 5.03. The van der Waals surface area contributed by atoms with E-state index in [4.69, 9.17) is 0 Å². The van der Waals surface area contributed by atoms with E-state index in [1.165, 1.54) is 0 Å². The van der Waals surface area contributed by atoms with Gasteiger partial charge in [-0.3, -0.25) is 4.98 Å². The van der Waals surface area contributed by atoms with Gasteiger partial charge in [0.05, 0.1) is 16.7 Å². The van der Waals surface area contributed by atoms with Crippen LogP contribution in [0.4, 0.5) is 5.69 Å². The number of fused-ring (bicyclic) bond motifs is 1. The van der Waals surface area contributed by atoms with Crippen molar-refractivity contribution >= 4 is 32.7 Å². The summed E-state index contributed by atoms with van der Waals surface area (Å²) in [5, 5.41) is 3.31. The second-order valence-electron chi connectivity index (χ2n) is 4.17. The number of aromatic amines is 2. The van der Waals surface area contributed by atoms with Crippen molar-refractivity contribution in [3.63, 3.8) is 0 Å². The first-order chi connectivity index (χ1) is 9.22. The van der Waals surface area contributed by atoms with Gasteiger partial charge in [-0.15, -0.1) is 0 Å². The van der Waals surface area contributed by atoms with E-state index in [1.807, 2.05) is 30.5 Å². The number of H-pyrrole nitrogens is 2. The molecule has 0 aliphatic heterocycles. The summed E-state index contributed by atoms with van der Waals surface area (Å²) < 4.78 is 0.902. The fourth-order valence-corrected chi connectivity index (χ4v) is 2.37. The van der Waals surface area contributed by atoms with Crippen LogP contribution < -0.4 is 11.0 Å². The van der Waals surface area contributed by atoms with Crippen LogP contribution in [-0.4, -0.2) is 15.0 Å². The van der Waals surface area contributed by atoms with Gasteiger partial charge >= 0.3 is 5.69 Å². The predicted octanol–water partition coefficient (Wildman–Crippen LogP) is 2.63. The lowest BCUT2D eigenvalue weighted by atomic mass is 10.2. The molecule has 0 saturated heterocycles. The van der Waals surface area contributed by atoms with Crippen molar-refractivity contribution in [2.75, 3.05) is 5.32 Å². The molecule has 19 heavy (non-hydrogen) atoms. The summed E-state index contributed by atoms with van der Waals surface area (Å²) in [4.78, 5) is 20.8. The third-order valence-electron chi connectivity index (χ3n) is 2.81. The molecular formula is C13H11BrN4O. The van der Waals surface area contributed by atoms with Gasteiger partial charge in [-0.25, -0.2) is 4.79 Å². The fraction of sp³-hybridized carbons (Fsp3) is 0.0769. The number of benzene rings is 1. The Kier molecular flexibility index (Phi) is 3.08. The molecule has 3 aromatic rings. The Hall–Kier alpha value is -2.08. The minimum Gasteiger partial charge on any atom is -0.380 e. The molecule has 3 rings (SSSR count). The Morgan fingerprint density at radius 2 is 2.05 bits per heavy atom. The van der Waals surface area contributed by atoms with E-state index in [1.54, 1.807) is 6.20 Å². The van der Waals surface area contributed by atoms with E-state index in [2.05, 4.69) is 36.2 Å². The Balaban J connectivity index is 1.88. The molecule has 6 heteroatoms. The van der Waals surface area contributed by atoms with Crippen molar-refractivity contribution in [3.8, 4) is 0 Å². The van der Waals surface area contributed by atoms with E-state index >= 15 is 0 Å². The molecule has 0 unspecified atom stereocenters. The van der Waals surface area contributed by atoms with E-state index < -0.39 is 0 Å². The summed E-state index contributed by atoms with van der Waals surface area (Å²) >= 11 is 3.49. The average Bonchev–Trinajstić information content (AvgIpc) is 2.76. The average molecular weight is 319 g/mol. The van der Waals surface area contributed by atoms with Gasteiger partial charge in [0.2, 0.25) is 0 Å². The van der Waals surface area contributed by atoms with Crippen LogP contribution in [0.15, 0.2) is 45.9 Å². The maximum Gasteiger partial charge on any atom is 0.323 e. The molecule has 2 aromatic heterocycles. The molecule has 0 bridgehead atoms. The van der Waals surface area contributed by atoms with Crippen LogP contribution in [0.3, 0.4) is 0 Å². The molecule has 0 aliphatic carbocycles. The largest absolute Gasteiger partial charge is 0.380 e. The summed E-state index contributed by atoms with van der Waals surface area (Å²) in [6, 6.07) is 7.68. The first-order valence-corrected chi connectivity index (χ1v) is 6.56. The number of nitrogens with one attached hydrogen (secondary N) is 3. The van der Waals surface area contributed by atoms with Crippen LogP contribution in [0, 0.1) is 0 Å². The van der Waals surface area contributed by atoms with Gasteiger partial charge in [0, 0.05) is 23.4 Å². The molecule has 2 heterocycles. The first-order valence-electron chi connectivity index (χ1n) is 5.77. The van der Waals surface area contributed by atoms with Gasteiger partial charge in [-0.1, -0.05) is 6.07 Å². The third-order valence-corrected chi connectivity index (χ3v) is 3.47. The predicted molar refractivity (Wildman–Crippen MR) is 78.2 cm³/mol. The van der Waals surface area contributed by atoms with Crippen LogP contribution in [0.2, 0.25) is 0 Å². The van der Waals surface area contributed by atoms with Crippen molar-refractivity contribution in [1.82, 2.24) is 15.0 Å². The van der Waals surface area contributed by atoms with E-state index in [0.29, 0.717) is 6.54 Å². The van der Waals surface area contributed by atoms with Crippen LogP contribution in [0.1, 0.15) is 5.56 Å². The number of hydrogen-bond acceptors (Lipinski definition) is 3. The normalized spacial score (nSPS) is 10.8. The van der Waals surface area contributed by atoms with Crippen LogP contribution in [0.25, 0.3) is 11.0 Å². The maximum atomic E-state index is 11.2. The molecule has 0 spiro atoms. The van der Waals surface area contributed by atoms with E-state index in [-0.39, 0.29) is 5.69 Å². The zero-order valence-corrected chi connectivity index (χ0v) is 11.5. The van der Waals surface area contributed by atoms with Gasteiger partial charge in [0.1, 0.15) is 0 Å². The highest BCUT2D eigenvalue weighted by Gasteiger charge is 2.05. The Labute approximate surface area is 117 Å². The van der Waals surface area contributed by atoms with Crippen LogP contribution in [-0.2, 0) is 6.54 Å². The smallest absolute Gasteiger partial charge is 0.323 e. The van der Waals surface area contributed by atoms with Crippen molar-refractivity contribution in [3.05, 3.63) is 57.2 Å². The highest BCUT2D eigenvalue weighted by atomic mass is 79.9. The topological polar surface area (TPSA) is 73.6 Å². The molecule has 0 amide bonds. The molecule has 1 aromatic carbocycles. The molecule has 3 N–H and O–H groups in total. The minimum absolute atomic E-state index is 0.202. The standard InChI is InChI=1S/C13H11BrN4O/c14-9-4-11-12(18-13(19)17-11)5-10(9)16-7-8-2-1-3-15-6-8/h1-6,16H,7H2,(H2,17,18,19). The fourth-order valence-electron chi connectivity index (χ4n) is 1.89. The van der Waals surface area contributed by atoms with Crippen molar-refractivity contribution in [1.29, 1.82) is 0 Å². The van der Waals surface area contributed by atoms with Gasteiger partial charge in [-0.2, -0.15) is 0 Å². The zero-order valence-electron chi connectivity index (χ0n) is 9.90. The molecule has 96 valence electrons. The lowest BCUT2D eigenvalue weighted by Gasteiger charge is -2.08. The highest BCUT2D eigenvalue weighted by molar-refractivity contribution is 9.10. The number of imidazole rings is 1. The highest BCUT2D eigenvalue weighted by Crippen LogP contribution is 2.26. The third kappa shape index (κ3) is 2.53. The Bertz CT molecular complexity index is 763. The summed E-state index contributed by atoms with van der Waals surface area (Å²) in [6.45, 7) is 0.673. The number of halogens is 1. The van der Waals surface area contributed by atoms with Crippen LogP contribution >= 0.6 is 15.9 Å². The number of anilines is 1. The minimum atomic E-state index is -0.202. The van der Waals surface area contributed by atoms with Crippen molar-refractivity contribution < 1.29 is 0 Å². The molecule has 0 atom stereocenters. The summed E-state index contributed by atoms with van der Waals surface area (Å²) in [6.07, 6.45) is 3.56. The van der Waals surface area contributed by atoms with Crippen molar-refractivity contribution in [2.24, 2.45) is 0 Å². The van der Waals surface area contributed by atoms with Gasteiger partial charge in [0.15, 0.2) is 0 Å². The quantitative estimate of drug-likeness (QED) is 0.695. The Morgan fingerprint density at radius 1 is 1.26 bits per heavy atom. The van der Waals surface area contributed by atoms with Gasteiger partial charge in [0.25, 0.3) is 0 Å². The van der Waals surface area contributed by atoms with E-state index in [9.17, 15) is 4.79 Å². The van der Waals surface area contributed by atoms with Crippen LogP contribution in [0.5, 0.6) is 0 Å². The Morgan fingerprint density at radius 3 is 2.79 bits per heavy atom. The summed E-state index contributed by atoms with van der Waals surface area (Å²) in [5.41, 5.74) is 3.38. The van der Waals surface area contributed by atoms with Gasteiger partial charge < -0.3 is 15.3 Å². The number of pyridine rings is 1. The molecule has 0 radical (unpaired) electrons. The first kappa shape index (κ1) is 12.0. The van der Waals surface area contributed by atoms with Gasteiger partial charge in [-0.05, 0) is 39.7 Å². The number of hydrogen-bond donors (Lipinski definition) is 3. The lowest BCUT2D eigenvalue weighted by molar-refractivity contribution is 1.11. The lowest BCUT2D eigenvalue weighted by Crippen LogP contribution is -2.00. The molecule has 5 nitrogen and oxygen atoms in total. The number of aromatic nitrogens is 3. The molecular weight excluding hydrogens is 308 g/mol. The monoisotopic (exact) mass is 318 g/mol. The van der Waals surface area contributed by atoms with E-state index in [0.717, 1.165) is 26.8 Å². The molecule has 0 fully saturated rings. The summed E-state index contributed by atoms with van der Waals surface area (Å²) in [7, 11) is 0. The zero-order chi connectivity index (χ0) is 13.2. The second kappa shape index (κ2) is 4.89. The number of nitrogens with zero attached hydrogens (tertiary/aromatic N) is 1.